The van der Waals surface area contributed by atoms with Crippen molar-refractivity contribution in [2.45, 2.75) is 33.6 Å². The predicted molar refractivity (Wildman–Crippen MR) is 66.5 cm³/mol. The molecule has 2 unspecified atom stereocenters. The monoisotopic (exact) mass is 244 g/mol. The summed E-state index contributed by atoms with van der Waals surface area (Å²) in [5.74, 6) is -1.05. The Hall–Kier alpha value is -1.10. The van der Waals surface area contributed by atoms with Gasteiger partial charge in [-0.25, -0.2) is 0 Å². The van der Waals surface area contributed by atoms with E-state index in [0.29, 0.717) is 25.4 Å². The lowest BCUT2D eigenvalue weighted by Crippen LogP contribution is -2.36. The van der Waals surface area contributed by atoms with Gasteiger partial charge in [-0.2, -0.15) is 0 Å². The Labute approximate surface area is 103 Å². The second kappa shape index (κ2) is 8.06. The third kappa shape index (κ3) is 6.26. The fraction of sp³-hybridized carbons (Fsp3) is 0.833. The summed E-state index contributed by atoms with van der Waals surface area (Å²) < 4.78 is 0. The van der Waals surface area contributed by atoms with Crippen molar-refractivity contribution in [1.29, 1.82) is 0 Å². The number of nitrogens with zero attached hydrogens (tertiary/aromatic N) is 1. The molecule has 3 N–H and O–H groups in total. The molecule has 0 bridgehead atoms. The van der Waals surface area contributed by atoms with Gasteiger partial charge in [0, 0.05) is 19.5 Å². The van der Waals surface area contributed by atoms with Gasteiger partial charge in [0.2, 0.25) is 5.91 Å². The van der Waals surface area contributed by atoms with Crippen molar-refractivity contribution in [1.82, 2.24) is 4.90 Å². The van der Waals surface area contributed by atoms with E-state index in [1.54, 1.807) is 11.8 Å². The van der Waals surface area contributed by atoms with Gasteiger partial charge in [0.15, 0.2) is 0 Å². The maximum Gasteiger partial charge on any atom is 0.308 e. The lowest BCUT2D eigenvalue weighted by atomic mass is 10.1. The third-order valence-electron chi connectivity index (χ3n) is 2.90. The van der Waals surface area contributed by atoms with Crippen molar-refractivity contribution in [3.8, 4) is 0 Å². The summed E-state index contributed by atoms with van der Waals surface area (Å²) in [7, 11) is 0. The fourth-order valence-corrected chi connectivity index (χ4v) is 1.46. The van der Waals surface area contributed by atoms with E-state index in [-0.39, 0.29) is 12.5 Å². The number of carbonyl (C=O) groups is 2. The highest BCUT2D eigenvalue weighted by Gasteiger charge is 2.19. The summed E-state index contributed by atoms with van der Waals surface area (Å²) in [4.78, 5) is 24.2. The maximum atomic E-state index is 11.8. The van der Waals surface area contributed by atoms with E-state index in [2.05, 4.69) is 0 Å². The first-order valence-electron chi connectivity index (χ1n) is 6.12. The van der Waals surface area contributed by atoms with Crippen LogP contribution in [0, 0.1) is 11.8 Å². The number of carboxylic acid groups (broad SMARTS) is 1. The van der Waals surface area contributed by atoms with Crippen molar-refractivity contribution in [3.63, 3.8) is 0 Å². The summed E-state index contributed by atoms with van der Waals surface area (Å²) in [5, 5.41) is 8.81. The van der Waals surface area contributed by atoms with Gasteiger partial charge in [-0.1, -0.05) is 13.8 Å². The van der Waals surface area contributed by atoms with Gasteiger partial charge in [-0.3, -0.25) is 9.59 Å². The third-order valence-corrected chi connectivity index (χ3v) is 2.90. The topological polar surface area (TPSA) is 83.6 Å². The van der Waals surface area contributed by atoms with Gasteiger partial charge in [0.1, 0.15) is 0 Å². The van der Waals surface area contributed by atoms with Crippen LogP contribution in [0.5, 0.6) is 0 Å². The number of carboxylic acids is 1. The first kappa shape index (κ1) is 15.9. The molecule has 5 heteroatoms. The molecule has 0 aromatic rings. The minimum atomic E-state index is -0.869. The molecule has 0 saturated carbocycles. The van der Waals surface area contributed by atoms with Gasteiger partial charge in [-0.15, -0.1) is 0 Å². The summed E-state index contributed by atoms with van der Waals surface area (Å²) >= 11 is 0. The van der Waals surface area contributed by atoms with Gasteiger partial charge in [0.05, 0.1) is 5.92 Å². The smallest absolute Gasteiger partial charge is 0.308 e. The molecular weight excluding hydrogens is 220 g/mol. The number of nitrogens with two attached hydrogens (primary N) is 1. The zero-order valence-electron chi connectivity index (χ0n) is 11.0. The van der Waals surface area contributed by atoms with Crippen molar-refractivity contribution in [3.05, 3.63) is 0 Å². The Morgan fingerprint density at radius 3 is 2.35 bits per heavy atom. The Morgan fingerprint density at radius 2 is 1.94 bits per heavy atom. The number of carbonyl (C=O) groups excluding carboxylic acids is 1. The Bertz CT molecular complexity index is 256. The second-order valence-corrected chi connectivity index (χ2v) is 4.55. The Kier molecular flexibility index (Phi) is 7.54. The lowest BCUT2D eigenvalue weighted by molar-refractivity contribution is -0.143. The van der Waals surface area contributed by atoms with Gasteiger partial charge < -0.3 is 15.7 Å². The average molecular weight is 244 g/mol. The molecule has 0 rings (SSSR count). The van der Waals surface area contributed by atoms with E-state index < -0.39 is 11.9 Å². The van der Waals surface area contributed by atoms with Crippen LogP contribution in [-0.4, -0.2) is 41.5 Å². The normalized spacial score (nSPS) is 14.1. The number of amides is 1. The van der Waals surface area contributed by atoms with Gasteiger partial charge >= 0.3 is 5.97 Å². The van der Waals surface area contributed by atoms with Crippen molar-refractivity contribution >= 4 is 11.9 Å². The highest BCUT2D eigenvalue weighted by atomic mass is 16.4. The van der Waals surface area contributed by atoms with E-state index in [4.69, 9.17) is 10.8 Å². The lowest BCUT2D eigenvalue weighted by Gasteiger charge is -2.23. The van der Waals surface area contributed by atoms with Crippen LogP contribution in [0.25, 0.3) is 0 Å². The number of hydrogen-bond donors (Lipinski definition) is 2. The molecule has 0 radical (unpaired) electrons. The molecule has 0 spiro atoms. The molecule has 0 aliphatic rings. The summed E-state index contributed by atoms with van der Waals surface area (Å²) in [6.45, 7) is 6.88. The molecule has 2 atom stereocenters. The SMILES string of the molecule is CCN(CC(C)C(=O)O)C(=O)CCC(C)CN. The Balaban J connectivity index is 4.17. The van der Waals surface area contributed by atoms with Crippen LogP contribution in [0.1, 0.15) is 33.6 Å². The number of hydrogen-bond acceptors (Lipinski definition) is 3. The molecule has 5 nitrogen and oxygen atoms in total. The minimum absolute atomic E-state index is 0.0147. The fourth-order valence-electron chi connectivity index (χ4n) is 1.46. The van der Waals surface area contributed by atoms with Gasteiger partial charge in [0.25, 0.3) is 0 Å². The van der Waals surface area contributed by atoms with E-state index >= 15 is 0 Å². The van der Waals surface area contributed by atoms with Crippen LogP contribution in [0.2, 0.25) is 0 Å². The first-order valence-corrected chi connectivity index (χ1v) is 6.12. The molecule has 0 aliphatic heterocycles. The summed E-state index contributed by atoms with van der Waals surface area (Å²) in [6, 6.07) is 0. The molecule has 0 heterocycles. The second-order valence-electron chi connectivity index (χ2n) is 4.55. The first-order chi connectivity index (χ1) is 7.92. The minimum Gasteiger partial charge on any atom is -0.481 e. The van der Waals surface area contributed by atoms with Crippen molar-refractivity contribution in [2.75, 3.05) is 19.6 Å². The van der Waals surface area contributed by atoms with Crippen LogP contribution >= 0.6 is 0 Å². The molecule has 100 valence electrons. The molecule has 17 heavy (non-hydrogen) atoms. The van der Waals surface area contributed by atoms with Gasteiger partial charge in [-0.05, 0) is 25.8 Å². The zero-order chi connectivity index (χ0) is 13.4. The van der Waals surface area contributed by atoms with E-state index in [0.717, 1.165) is 6.42 Å². The summed E-state index contributed by atoms with van der Waals surface area (Å²) in [5.41, 5.74) is 5.48. The Morgan fingerprint density at radius 1 is 1.35 bits per heavy atom. The molecule has 0 fully saturated rings. The van der Waals surface area contributed by atoms with Crippen LogP contribution in [0.15, 0.2) is 0 Å². The number of aliphatic carboxylic acids is 1. The predicted octanol–water partition coefficient (Wildman–Crippen LogP) is 0.931. The van der Waals surface area contributed by atoms with Crippen molar-refractivity contribution in [2.24, 2.45) is 17.6 Å². The molecule has 1 amide bonds. The van der Waals surface area contributed by atoms with Crippen LogP contribution < -0.4 is 5.73 Å². The highest BCUT2D eigenvalue weighted by molar-refractivity contribution is 5.77. The largest absolute Gasteiger partial charge is 0.481 e. The van der Waals surface area contributed by atoms with Crippen molar-refractivity contribution < 1.29 is 14.7 Å². The summed E-state index contributed by atoms with van der Waals surface area (Å²) in [6.07, 6.45) is 1.20. The van der Waals surface area contributed by atoms with E-state index in [9.17, 15) is 9.59 Å². The molecule has 0 aromatic carbocycles. The molecule has 0 saturated heterocycles. The maximum absolute atomic E-state index is 11.8. The average Bonchev–Trinajstić information content (AvgIpc) is 2.31. The van der Waals surface area contributed by atoms with E-state index in [1.165, 1.54) is 0 Å². The standard InChI is InChI=1S/C12H24N2O3/c1-4-14(8-10(3)12(16)17)11(15)6-5-9(2)7-13/h9-10H,4-8,13H2,1-3H3,(H,16,17). The molecule has 0 aromatic heterocycles. The van der Waals surface area contributed by atoms with Crippen LogP contribution in [0.4, 0.5) is 0 Å². The molecule has 0 aliphatic carbocycles. The van der Waals surface area contributed by atoms with E-state index in [1.807, 2.05) is 13.8 Å². The number of rotatable bonds is 8. The van der Waals surface area contributed by atoms with Crippen LogP contribution in [0.3, 0.4) is 0 Å². The van der Waals surface area contributed by atoms with Crippen LogP contribution in [-0.2, 0) is 9.59 Å². The quantitative estimate of drug-likeness (QED) is 0.665. The highest BCUT2D eigenvalue weighted by Crippen LogP contribution is 2.08. The molecular formula is C12H24N2O3. The zero-order valence-corrected chi connectivity index (χ0v) is 11.0.